The van der Waals surface area contributed by atoms with E-state index in [9.17, 15) is 9.59 Å². The lowest BCUT2D eigenvalue weighted by molar-refractivity contribution is 0.0591. The highest BCUT2D eigenvalue weighted by Crippen LogP contribution is 2.33. The fourth-order valence-corrected chi connectivity index (χ4v) is 4.07. The fourth-order valence-electron chi connectivity index (χ4n) is 4.07. The number of rotatable bonds is 6. The normalized spacial score (nSPS) is 14.0. The summed E-state index contributed by atoms with van der Waals surface area (Å²) >= 11 is 0. The summed E-state index contributed by atoms with van der Waals surface area (Å²) in [6.45, 7) is 3.72. The predicted octanol–water partition coefficient (Wildman–Crippen LogP) is 4.53. The van der Waals surface area contributed by atoms with Gasteiger partial charge < -0.3 is 20.8 Å². The summed E-state index contributed by atoms with van der Waals surface area (Å²) in [4.78, 5) is 29.7. The minimum atomic E-state index is -0.562. The number of halogens is 1. The van der Waals surface area contributed by atoms with Gasteiger partial charge in [-0.3, -0.25) is 15.1 Å². The quantitative estimate of drug-likeness (QED) is 0.460. The van der Waals surface area contributed by atoms with Gasteiger partial charge in [0.25, 0.3) is 5.91 Å². The van der Waals surface area contributed by atoms with E-state index in [2.05, 4.69) is 20.9 Å². The molecule has 9 heteroatoms. The molecule has 5 N–H and O–H groups in total. The van der Waals surface area contributed by atoms with E-state index in [1.807, 2.05) is 37.3 Å². The molecule has 1 atom stereocenters. The number of ether oxygens (including phenoxy) is 1. The molecule has 1 aliphatic heterocycles. The van der Waals surface area contributed by atoms with E-state index in [1.165, 1.54) is 0 Å². The van der Waals surface area contributed by atoms with Gasteiger partial charge in [-0.25, -0.2) is 4.79 Å². The Balaban J connectivity index is 0.00000216. The molecule has 0 saturated carbocycles. The maximum atomic E-state index is 12.9. The molecule has 35 heavy (non-hydrogen) atoms. The van der Waals surface area contributed by atoms with Crippen molar-refractivity contribution in [1.82, 2.24) is 10.3 Å². The Morgan fingerprint density at radius 3 is 2.29 bits per heavy atom. The first-order chi connectivity index (χ1) is 16.1. The Labute approximate surface area is 211 Å². The highest BCUT2D eigenvalue weighted by Gasteiger charge is 2.28. The number of hydrogen-bond acceptors (Lipinski definition) is 5. The first-order valence-corrected chi connectivity index (χ1v) is 11.2. The van der Waals surface area contributed by atoms with Crippen LogP contribution in [-0.2, 0) is 4.74 Å². The van der Waals surface area contributed by atoms with Crippen molar-refractivity contribution in [3.63, 3.8) is 0 Å². The van der Waals surface area contributed by atoms with Crippen LogP contribution in [-0.4, -0.2) is 35.6 Å². The van der Waals surface area contributed by atoms with Crippen LogP contribution in [0.2, 0.25) is 0 Å². The number of benzene rings is 2. The first-order valence-electron chi connectivity index (χ1n) is 11.2. The van der Waals surface area contributed by atoms with Gasteiger partial charge in [0.05, 0.1) is 11.4 Å². The highest BCUT2D eigenvalue weighted by molar-refractivity contribution is 6.07. The van der Waals surface area contributed by atoms with Crippen molar-refractivity contribution in [3.05, 3.63) is 89.7 Å². The molecule has 4 rings (SSSR count). The van der Waals surface area contributed by atoms with Crippen LogP contribution in [0.15, 0.2) is 73.1 Å². The molecule has 3 aromatic rings. The third kappa shape index (κ3) is 7.51. The maximum absolute atomic E-state index is 12.9. The smallest absolute Gasteiger partial charge is 0.412 e. The van der Waals surface area contributed by atoms with Gasteiger partial charge in [0.15, 0.2) is 0 Å². The molecule has 0 aliphatic carbocycles. The number of carbonyl (C=O) groups is 2. The molecule has 1 aromatic heterocycles. The zero-order chi connectivity index (χ0) is 23.0. The van der Waals surface area contributed by atoms with Gasteiger partial charge in [0.1, 0.15) is 6.10 Å². The topological polar surface area (TPSA) is 124 Å². The third-order valence-electron chi connectivity index (χ3n) is 5.77. The minimum absolute atomic E-state index is 0. The van der Waals surface area contributed by atoms with E-state index in [0.717, 1.165) is 37.1 Å². The number of piperidine rings is 1. The molecule has 8 nitrogen and oxygen atoms in total. The molecule has 1 unspecified atom stereocenters. The number of aryl methyl sites for hydroxylation is 1. The van der Waals surface area contributed by atoms with E-state index in [-0.39, 0.29) is 35.8 Å². The number of carbonyl (C=O) groups excluding carboxylic acids is 2. The number of nitrogens with zero attached hydrogens (tertiary/aromatic N) is 1. The number of hydrogen-bond donors (Lipinski definition) is 3. The number of nitrogens with one attached hydrogen (secondary N) is 3. The van der Waals surface area contributed by atoms with E-state index < -0.39 is 6.09 Å². The summed E-state index contributed by atoms with van der Waals surface area (Å²) in [5, 5.41) is 9.04. The number of pyridine rings is 1. The van der Waals surface area contributed by atoms with E-state index in [4.69, 9.17) is 4.74 Å². The van der Waals surface area contributed by atoms with Crippen molar-refractivity contribution in [2.75, 3.05) is 23.7 Å². The van der Waals surface area contributed by atoms with Crippen molar-refractivity contribution in [2.45, 2.75) is 25.9 Å². The van der Waals surface area contributed by atoms with Crippen LogP contribution < -0.4 is 16.0 Å². The Bertz CT molecular complexity index is 1110. The number of anilines is 2. The summed E-state index contributed by atoms with van der Waals surface area (Å²) in [6, 6.07) is 18.2. The fraction of sp³-hybridized carbons (Fsp3) is 0.269. The molecule has 1 fully saturated rings. The third-order valence-corrected chi connectivity index (χ3v) is 5.77. The van der Waals surface area contributed by atoms with Gasteiger partial charge in [-0.2, -0.15) is 0 Å². The largest absolute Gasteiger partial charge is 0.441 e. The second-order valence-corrected chi connectivity index (χ2v) is 8.19. The van der Waals surface area contributed by atoms with Gasteiger partial charge in [-0.15, -0.1) is 12.4 Å². The lowest BCUT2D eigenvalue weighted by Gasteiger charge is -2.30. The van der Waals surface area contributed by atoms with Crippen LogP contribution in [0.5, 0.6) is 0 Å². The zero-order valence-corrected chi connectivity index (χ0v) is 20.3. The molecule has 2 aromatic carbocycles. The molecule has 1 saturated heterocycles. The lowest BCUT2D eigenvalue weighted by atomic mass is 9.88. The van der Waals surface area contributed by atoms with Crippen LogP contribution in [0.4, 0.5) is 16.2 Å². The molecule has 0 radical (unpaired) electrons. The van der Waals surface area contributed by atoms with Gasteiger partial charge in [0, 0.05) is 23.9 Å². The second kappa shape index (κ2) is 13.4. The van der Waals surface area contributed by atoms with Crippen molar-refractivity contribution >= 4 is 35.8 Å². The average Bonchev–Trinajstić information content (AvgIpc) is 2.85. The first kappa shape index (κ1) is 27.8. The van der Waals surface area contributed by atoms with Crippen molar-refractivity contribution in [1.29, 1.82) is 0 Å². The maximum Gasteiger partial charge on any atom is 0.412 e. The highest BCUT2D eigenvalue weighted by atomic mass is 35.5. The standard InChI is InChI=1S/C26H28N4O3.ClH.H2O/c1-18-5-4-6-21(17-18)25(31)29-22-7-2-3-8-23(22)30-26(32)33-24(19-9-13-27-14-10-19)20-11-15-28-16-12-20;;/h2-10,13-14,17,20,24,28H,11-12,15-16H2,1H3,(H,29,31)(H,30,32);1H;1H2. The molecule has 0 bridgehead atoms. The molecule has 0 spiro atoms. The summed E-state index contributed by atoms with van der Waals surface area (Å²) in [5.41, 5.74) is 3.45. The molecule has 2 heterocycles. The predicted molar refractivity (Wildman–Crippen MR) is 139 cm³/mol. The van der Waals surface area contributed by atoms with Crippen molar-refractivity contribution in [2.24, 2.45) is 5.92 Å². The summed E-state index contributed by atoms with van der Waals surface area (Å²) in [7, 11) is 0. The Kier molecular flexibility index (Phi) is 10.7. The van der Waals surface area contributed by atoms with Crippen LogP contribution >= 0.6 is 12.4 Å². The van der Waals surface area contributed by atoms with Gasteiger partial charge in [0.2, 0.25) is 0 Å². The van der Waals surface area contributed by atoms with Crippen molar-refractivity contribution in [3.8, 4) is 0 Å². The Morgan fingerprint density at radius 2 is 1.63 bits per heavy atom. The monoisotopic (exact) mass is 498 g/mol. The molecular formula is C26H31ClN4O4. The van der Waals surface area contributed by atoms with Crippen LogP contribution in [0.1, 0.15) is 40.4 Å². The lowest BCUT2D eigenvalue weighted by Crippen LogP contribution is -2.33. The average molecular weight is 499 g/mol. The SMILES string of the molecule is Cc1cccc(C(=O)Nc2ccccc2NC(=O)OC(c2ccncc2)C2CCNCC2)c1.Cl.O. The van der Waals surface area contributed by atoms with Gasteiger partial charge in [-0.05, 0) is 74.8 Å². The van der Waals surface area contributed by atoms with E-state index in [0.29, 0.717) is 16.9 Å². The van der Waals surface area contributed by atoms with Gasteiger partial charge in [-0.1, -0.05) is 29.8 Å². The summed E-state index contributed by atoms with van der Waals surface area (Å²) in [5.74, 6) is -0.0265. The van der Waals surface area contributed by atoms with Crippen molar-refractivity contribution < 1.29 is 19.8 Å². The number of para-hydroxylation sites is 2. The van der Waals surface area contributed by atoms with E-state index in [1.54, 1.807) is 42.7 Å². The zero-order valence-electron chi connectivity index (χ0n) is 19.5. The summed E-state index contributed by atoms with van der Waals surface area (Å²) in [6.07, 6.45) is 4.32. The molecule has 1 aliphatic rings. The molecule has 2 amide bonds. The molecule has 186 valence electrons. The second-order valence-electron chi connectivity index (χ2n) is 8.19. The molecular weight excluding hydrogens is 468 g/mol. The van der Waals surface area contributed by atoms with Gasteiger partial charge >= 0.3 is 6.09 Å². The summed E-state index contributed by atoms with van der Waals surface area (Å²) < 4.78 is 5.92. The van der Waals surface area contributed by atoms with Crippen LogP contribution in [0.25, 0.3) is 0 Å². The Morgan fingerprint density at radius 1 is 0.971 bits per heavy atom. The number of amides is 2. The Hall–Kier alpha value is -3.46. The number of aromatic nitrogens is 1. The van der Waals surface area contributed by atoms with E-state index >= 15 is 0 Å². The van der Waals surface area contributed by atoms with Crippen LogP contribution in [0.3, 0.4) is 0 Å². The van der Waals surface area contributed by atoms with Crippen LogP contribution in [0, 0.1) is 12.8 Å². The minimum Gasteiger partial charge on any atom is -0.441 e.